The lowest BCUT2D eigenvalue weighted by Gasteiger charge is -2.47. The Labute approximate surface area is 196 Å². The first-order valence-corrected chi connectivity index (χ1v) is 12.4. The van der Waals surface area contributed by atoms with E-state index in [1.807, 2.05) is 25.8 Å². The summed E-state index contributed by atoms with van der Waals surface area (Å²) >= 11 is 0. The van der Waals surface area contributed by atoms with E-state index in [1.54, 1.807) is 0 Å². The number of carbonyl (C=O) groups is 2. The number of ether oxygens (including phenoxy) is 1. The predicted molar refractivity (Wildman–Crippen MR) is 124 cm³/mol. The number of nitrogens with zero attached hydrogens (tertiary/aromatic N) is 3. The quantitative estimate of drug-likeness (QED) is 0.714. The van der Waals surface area contributed by atoms with E-state index < -0.39 is 5.91 Å². The van der Waals surface area contributed by atoms with Crippen LogP contribution in [-0.2, 0) is 9.53 Å². The van der Waals surface area contributed by atoms with Gasteiger partial charge in [-0.1, -0.05) is 38.3 Å². The molecule has 1 saturated carbocycles. The van der Waals surface area contributed by atoms with Crippen molar-refractivity contribution in [2.24, 2.45) is 11.8 Å². The van der Waals surface area contributed by atoms with Crippen LogP contribution in [0.15, 0.2) is 15.9 Å². The third-order valence-electron chi connectivity index (χ3n) is 7.95. The minimum Gasteiger partial charge on any atom is -0.370 e. The van der Waals surface area contributed by atoms with Gasteiger partial charge in [0.2, 0.25) is 0 Å². The van der Waals surface area contributed by atoms with Crippen molar-refractivity contribution < 1.29 is 18.8 Å². The summed E-state index contributed by atoms with van der Waals surface area (Å²) in [6.07, 6.45) is 6.14. The maximum absolute atomic E-state index is 13.5. The highest BCUT2D eigenvalue weighted by Gasteiger charge is 2.40. The SMILES string of the molecule is CC1=C(NC(=O)c2noc([C@H]3C[C@H](C(C)C)CO3)c2C)C(=O)N(C2CCCCC2)[C@@H](C)N1C. The largest absolute Gasteiger partial charge is 0.370 e. The van der Waals surface area contributed by atoms with Crippen LogP contribution in [0, 0.1) is 18.8 Å². The molecule has 2 fully saturated rings. The van der Waals surface area contributed by atoms with Gasteiger partial charge in [-0.2, -0.15) is 0 Å². The fourth-order valence-electron chi connectivity index (χ4n) is 5.40. The molecule has 8 heteroatoms. The van der Waals surface area contributed by atoms with E-state index in [0.717, 1.165) is 37.8 Å². The molecule has 4 rings (SSSR count). The van der Waals surface area contributed by atoms with E-state index in [-0.39, 0.29) is 29.9 Å². The van der Waals surface area contributed by atoms with Crippen molar-refractivity contribution in [1.82, 2.24) is 20.3 Å². The van der Waals surface area contributed by atoms with Crippen molar-refractivity contribution in [2.45, 2.75) is 91.5 Å². The number of nitrogens with one attached hydrogen (secondary N) is 1. The Kier molecular flexibility index (Phi) is 6.84. The van der Waals surface area contributed by atoms with Gasteiger partial charge in [-0.15, -0.1) is 0 Å². The van der Waals surface area contributed by atoms with Crippen LogP contribution in [0.2, 0.25) is 0 Å². The first-order chi connectivity index (χ1) is 15.7. The number of hydrogen-bond donors (Lipinski definition) is 1. The predicted octanol–water partition coefficient (Wildman–Crippen LogP) is 4.13. The molecule has 1 N–H and O–H groups in total. The molecule has 0 radical (unpaired) electrons. The van der Waals surface area contributed by atoms with Crippen LogP contribution in [0.1, 0.15) is 94.1 Å². The number of amides is 2. The van der Waals surface area contributed by atoms with E-state index in [0.29, 0.717) is 35.5 Å². The number of aromatic nitrogens is 1. The lowest BCUT2D eigenvalue weighted by Crippen LogP contribution is -2.58. The molecule has 3 aliphatic rings. The fourth-order valence-corrected chi connectivity index (χ4v) is 5.40. The summed E-state index contributed by atoms with van der Waals surface area (Å²) in [6, 6.07) is 0.206. The van der Waals surface area contributed by atoms with Gasteiger partial charge in [0.1, 0.15) is 18.0 Å². The Morgan fingerprint density at radius 2 is 1.88 bits per heavy atom. The number of hydrogen-bond acceptors (Lipinski definition) is 6. The average Bonchev–Trinajstić information content (AvgIpc) is 3.43. The smallest absolute Gasteiger partial charge is 0.278 e. The van der Waals surface area contributed by atoms with Crippen LogP contribution in [-0.4, -0.2) is 52.6 Å². The molecule has 3 atom stereocenters. The van der Waals surface area contributed by atoms with E-state index in [9.17, 15) is 9.59 Å². The number of carbonyl (C=O) groups excluding carboxylic acids is 2. The molecule has 1 aromatic rings. The molecule has 182 valence electrons. The average molecular weight is 459 g/mol. The molecule has 8 nitrogen and oxygen atoms in total. The van der Waals surface area contributed by atoms with Crippen molar-refractivity contribution in [3.05, 3.63) is 28.4 Å². The fraction of sp³-hybridized carbons (Fsp3) is 0.720. The first-order valence-electron chi connectivity index (χ1n) is 12.4. The summed E-state index contributed by atoms with van der Waals surface area (Å²) in [5.74, 6) is 1.07. The summed E-state index contributed by atoms with van der Waals surface area (Å²) in [6.45, 7) is 10.8. The topological polar surface area (TPSA) is 87.9 Å². The van der Waals surface area contributed by atoms with Crippen molar-refractivity contribution >= 4 is 11.8 Å². The second-order valence-corrected chi connectivity index (χ2v) is 10.2. The van der Waals surface area contributed by atoms with E-state index in [4.69, 9.17) is 9.26 Å². The van der Waals surface area contributed by atoms with Crippen molar-refractivity contribution in [1.29, 1.82) is 0 Å². The molecule has 3 heterocycles. The Morgan fingerprint density at radius 3 is 2.52 bits per heavy atom. The minimum atomic E-state index is -0.421. The number of allylic oxidation sites excluding steroid dienone is 1. The molecule has 1 aromatic heterocycles. The maximum Gasteiger partial charge on any atom is 0.278 e. The van der Waals surface area contributed by atoms with E-state index in [1.165, 1.54) is 6.42 Å². The van der Waals surface area contributed by atoms with Crippen LogP contribution >= 0.6 is 0 Å². The Balaban J connectivity index is 1.53. The highest BCUT2D eigenvalue weighted by molar-refractivity contribution is 6.03. The van der Waals surface area contributed by atoms with E-state index >= 15 is 0 Å². The van der Waals surface area contributed by atoms with Crippen LogP contribution in [0.5, 0.6) is 0 Å². The van der Waals surface area contributed by atoms with Crippen LogP contribution in [0.25, 0.3) is 0 Å². The number of rotatable bonds is 5. The molecule has 0 spiro atoms. The first kappa shape index (κ1) is 23.8. The zero-order valence-electron chi connectivity index (χ0n) is 20.8. The van der Waals surface area contributed by atoms with Crippen LogP contribution < -0.4 is 5.32 Å². The van der Waals surface area contributed by atoms with Gasteiger partial charge in [0, 0.05) is 24.4 Å². The Bertz CT molecular complexity index is 931. The van der Waals surface area contributed by atoms with Gasteiger partial charge in [0.15, 0.2) is 11.5 Å². The van der Waals surface area contributed by atoms with Gasteiger partial charge in [0.05, 0.1) is 6.61 Å². The van der Waals surface area contributed by atoms with Crippen molar-refractivity contribution in [3.63, 3.8) is 0 Å². The third kappa shape index (κ3) is 4.42. The lowest BCUT2D eigenvalue weighted by atomic mass is 9.92. The minimum absolute atomic E-state index is 0.0462. The molecule has 2 amide bonds. The van der Waals surface area contributed by atoms with Gasteiger partial charge in [-0.3, -0.25) is 9.59 Å². The zero-order valence-corrected chi connectivity index (χ0v) is 20.8. The summed E-state index contributed by atoms with van der Waals surface area (Å²) in [5.41, 5.74) is 1.97. The second kappa shape index (κ2) is 9.49. The molecule has 0 aromatic carbocycles. The van der Waals surface area contributed by atoms with Crippen molar-refractivity contribution in [2.75, 3.05) is 13.7 Å². The molecule has 0 unspecified atom stereocenters. The third-order valence-corrected chi connectivity index (χ3v) is 7.95. The highest BCUT2D eigenvalue weighted by atomic mass is 16.5. The second-order valence-electron chi connectivity index (χ2n) is 10.2. The zero-order chi connectivity index (χ0) is 23.9. The van der Waals surface area contributed by atoms with Gasteiger partial charge in [0.25, 0.3) is 11.8 Å². The summed E-state index contributed by atoms with van der Waals surface area (Å²) in [4.78, 5) is 30.7. The lowest BCUT2D eigenvalue weighted by molar-refractivity contribution is -0.139. The Hall–Kier alpha value is -2.35. The monoisotopic (exact) mass is 458 g/mol. The van der Waals surface area contributed by atoms with Crippen LogP contribution in [0.4, 0.5) is 0 Å². The molecular formula is C25H38N4O4. The van der Waals surface area contributed by atoms with Gasteiger partial charge in [-0.05, 0) is 51.9 Å². The molecular weight excluding hydrogens is 420 g/mol. The van der Waals surface area contributed by atoms with Gasteiger partial charge >= 0.3 is 0 Å². The summed E-state index contributed by atoms with van der Waals surface area (Å²) in [7, 11) is 1.97. The molecule has 33 heavy (non-hydrogen) atoms. The van der Waals surface area contributed by atoms with E-state index in [2.05, 4.69) is 36.1 Å². The highest BCUT2D eigenvalue weighted by Crippen LogP contribution is 2.38. The standard InChI is InChI=1S/C25H38N4O4/c1-14(2)18-12-20(32-13-18)23-15(3)21(27-33-23)24(30)26-22-16(4)28(6)17(5)29(25(22)31)19-10-8-7-9-11-19/h14,17-20H,7-13H2,1-6H3,(H,26,30)/t17-,18-,20+/m0/s1. The maximum atomic E-state index is 13.5. The van der Waals surface area contributed by atoms with Crippen molar-refractivity contribution in [3.8, 4) is 0 Å². The van der Waals surface area contributed by atoms with Crippen LogP contribution in [0.3, 0.4) is 0 Å². The molecule has 1 aliphatic carbocycles. The molecule has 2 aliphatic heterocycles. The molecule has 0 bridgehead atoms. The Morgan fingerprint density at radius 1 is 1.18 bits per heavy atom. The summed E-state index contributed by atoms with van der Waals surface area (Å²) in [5, 5.41) is 6.93. The normalized spacial score (nSPS) is 27.1. The van der Waals surface area contributed by atoms with Gasteiger partial charge in [-0.25, -0.2) is 0 Å². The van der Waals surface area contributed by atoms with Gasteiger partial charge < -0.3 is 24.4 Å². The molecule has 1 saturated heterocycles. The summed E-state index contributed by atoms with van der Waals surface area (Å²) < 4.78 is 11.5.